The molecule has 0 bridgehead atoms. The molecule has 2 aromatic carbocycles. The molecule has 17 heteroatoms. The highest BCUT2D eigenvalue weighted by Crippen LogP contribution is 2.39. The van der Waals surface area contributed by atoms with Gasteiger partial charge in [0.1, 0.15) is 24.7 Å². The number of phenols is 1. The first-order valence-electron chi connectivity index (χ1n) is 18.7. The van der Waals surface area contributed by atoms with Crippen molar-refractivity contribution < 1.29 is 39.4 Å². The summed E-state index contributed by atoms with van der Waals surface area (Å²) in [4.78, 5) is 61.3. The monoisotopic (exact) mass is 816 g/mol. The summed E-state index contributed by atoms with van der Waals surface area (Å²) in [6.07, 6.45) is 4.43. The van der Waals surface area contributed by atoms with Crippen LogP contribution in [0, 0.1) is 0 Å². The van der Waals surface area contributed by atoms with E-state index in [9.17, 15) is 34.6 Å². The number of aromatic hydroxyl groups is 1. The van der Waals surface area contributed by atoms with Gasteiger partial charge < -0.3 is 40.2 Å². The van der Waals surface area contributed by atoms with Crippen LogP contribution in [0.4, 0.5) is 0 Å². The van der Waals surface area contributed by atoms with Gasteiger partial charge in [-0.25, -0.2) is 9.78 Å². The molecule has 0 unspecified atom stereocenters. The lowest BCUT2D eigenvalue weighted by Crippen LogP contribution is -2.44. The van der Waals surface area contributed by atoms with Crippen LogP contribution in [0.25, 0.3) is 22.3 Å². The second kappa shape index (κ2) is 19.2. The number of phenolic OH excluding ortho intramolecular Hbond substituents is 1. The summed E-state index contributed by atoms with van der Waals surface area (Å²) in [5.41, 5.74) is 2.34. The average molecular weight is 817 g/mol. The molecule has 57 heavy (non-hydrogen) atoms. The van der Waals surface area contributed by atoms with Crippen molar-refractivity contribution in [1.29, 1.82) is 0 Å². The van der Waals surface area contributed by atoms with Crippen molar-refractivity contribution in [3.63, 3.8) is 0 Å². The molecule has 2 aliphatic rings. The van der Waals surface area contributed by atoms with Gasteiger partial charge in [0, 0.05) is 59.5 Å². The molecule has 2 aromatic heterocycles. The van der Waals surface area contributed by atoms with Crippen molar-refractivity contribution in [3.05, 3.63) is 92.8 Å². The molecule has 6 rings (SSSR count). The predicted octanol–water partition coefficient (Wildman–Crippen LogP) is 4.38. The lowest BCUT2D eigenvalue weighted by Gasteiger charge is -2.31. The molecule has 0 spiro atoms. The Morgan fingerprint density at radius 1 is 1.04 bits per heavy atom. The Morgan fingerprint density at radius 2 is 1.79 bits per heavy atom. The maximum Gasteiger partial charge on any atom is 0.343 e. The van der Waals surface area contributed by atoms with Gasteiger partial charge in [-0.2, -0.15) is 0 Å². The van der Waals surface area contributed by atoms with Crippen LogP contribution in [-0.4, -0.2) is 85.9 Å². The van der Waals surface area contributed by atoms with Crippen molar-refractivity contribution in [2.24, 2.45) is 10.3 Å². The van der Waals surface area contributed by atoms with E-state index in [0.29, 0.717) is 67.4 Å². The number of amides is 2. The van der Waals surface area contributed by atoms with Gasteiger partial charge in [0.05, 0.1) is 35.2 Å². The number of fused-ring (bicyclic) bond motifs is 5. The molecule has 5 N–H and O–H groups in total. The smallest absolute Gasteiger partial charge is 0.343 e. The SMILES string of the molecule is CC[C@@]1(O)C(=O)OCc2c1cc1n(c2=O)Cc2c-1nc1ccccc1c2/C=N/OCCCCCC(=O)NCCSSCCNC(=O)/C(Cc1ccc(O)cc1)=N\O. The van der Waals surface area contributed by atoms with Gasteiger partial charge in [-0.15, -0.1) is 0 Å². The third-order valence-corrected chi connectivity index (χ3v) is 12.2. The summed E-state index contributed by atoms with van der Waals surface area (Å²) in [7, 11) is 3.15. The summed E-state index contributed by atoms with van der Waals surface area (Å²) in [6.45, 7) is 2.98. The number of aliphatic hydroxyl groups is 1. The maximum absolute atomic E-state index is 13.6. The van der Waals surface area contributed by atoms with Crippen molar-refractivity contribution in [1.82, 2.24) is 20.2 Å². The summed E-state index contributed by atoms with van der Waals surface area (Å²) in [5, 5.41) is 43.7. The van der Waals surface area contributed by atoms with E-state index in [4.69, 9.17) is 14.6 Å². The Morgan fingerprint density at radius 3 is 2.54 bits per heavy atom. The largest absolute Gasteiger partial charge is 0.508 e. The number of carbonyl (C=O) groups excluding carboxylic acids is 3. The minimum Gasteiger partial charge on any atom is -0.508 e. The number of oxime groups is 2. The molecule has 0 saturated carbocycles. The quantitative estimate of drug-likeness (QED) is 0.0196. The minimum atomic E-state index is -1.91. The van der Waals surface area contributed by atoms with E-state index in [1.54, 1.807) is 57.5 Å². The number of benzene rings is 2. The van der Waals surface area contributed by atoms with Crippen LogP contribution in [0.15, 0.2) is 69.7 Å². The number of carbonyl (C=O) groups is 3. The number of nitrogens with one attached hydrogen (secondary N) is 2. The van der Waals surface area contributed by atoms with Crippen molar-refractivity contribution in [2.45, 2.75) is 64.2 Å². The Balaban J connectivity index is 0.888. The standard InChI is InChI=1S/C40H44N6O9S2/c1-2-40(52)31-21-34-36-29(23-46(34)38(50)30(31)24-54-39(40)51)28(27-8-5-6-9-32(27)44-36)22-43-55-17-7-3-4-10-35(48)41-15-18-56-57-19-16-42-37(49)33(45-53)20-25-11-13-26(47)14-12-25/h5-6,8-9,11-14,21-22,47,52-53H,2-4,7,10,15-20,23-24H2,1H3,(H,41,48)(H,42,49)/b43-22+,45-33-/t40-/m0/s1. The van der Waals surface area contributed by atoms with Crippen molar-refractivity contribution in [2.75, 3.05) is 31.2 Å². The number of unbranched alkanes of at least 4 members (excludes halogenated alkanes) is 2. The summed E-state index contributed by atoms with van der Waals surface area (Å²) in [5.74, 6) is 0.212. The highest BCUT2D eigenvalue weighted by atomic mass is 33.1. The Hall–Kier alpha value is -5.39. The lowest BCUT2D eigenvalue weighted by molar-refractivity contribution is -0.172. The first kappa shape index (κ1) is 41.2. The van der Waals surface area contributed by atoms with Gasteiger partial charge in [-0.1, -0.05) is 69.2 Å². The van der Waals surface area contributed by atoms with Crippen LogP contribution in [0.1, 0.15) is 66.8 Å². The highest BCUT2D eigenvalue weighted by Gasteiger charge is 2.45. The van der Waals surface area contributed by atoms with Crippen LogP contribution in [0.5, 0.6) is 5.75 Å². The Bertz CT molecular complexity index is 2250. The van der Waals surface area contributed by atoms with E-state index in [1.807, 2.05) is 24.3 Å². The van der Waals surface area contributed by atoms with Gasteiger partial charge in [-0.3, -0.25) is 14.4 Å². The molecule has 0 aliphatic carbocycles. The normalized spacial score (nSPS) is 15.9. The van der Waals surface area contributed by atoms with Crippen LogP contribution in [0.3, 0.4) is 0 Å². The lowest BCUT2D eigenvalue weighted by atomic mass is 9.86. The number of rotatable bonds is 19. The number of ether oxygens (including phenoxy) is 1. The minimum absolute atomic E-state index is 0.0161. The average Bonchev–Trinajstić information content (AvgIpc) is 3.59. The molecule has 0 radical (unpaired) electrons. The molecule has 4 aromatic rings. The van der Waals surface area contributed by atoms with Crippen molar-refractivity contribution in [3.8, 4) is 17.1 Å². The van der Waals surface area contributed by atoms with E-state index in [-0.39, 0.29) is 60.0 Å². The molecule has 0 fully saturated rings. The number of cyclic esters (lactones) is 1. The van der Waals surface area contributed by atoms with Crippen LogP contribution in [-0.2, 0) is 49.1 Å². The third kappa shape index (κ3) is 9.60. The van der Waals surface area contributed by atoms with E-state index in [1.165, 1.54) is 12.1 Å². The third-order valence-electron chi connectivity index (χ3n) is 9.79. The van der Waals surface area contributed by atoms with Gasteiger partial charge in [-0.05, 0) is 55.5 Å². The maximum atomic E-state index is 13.6. The molecule has 1 atom stereocenters. The van der Waals surface area contributed by atoms with Gasteiger partial charge in [0.25, 0.3) is 11.5 Å². The predicted molar refractivity (Wildman–Crippen MR) is 219 cm³/mol. The number of hydrogen-bond acceptors (Lipinski definition) is 14. The molecule has 300 valence electrons. The number of nitrogens with zero attached hydrogens (tertiary/aromatic N) is 4. The van der Waals surface area contributed by atoms with Gasteiger partial charge in [0.15, 0.2) is 5.60 Å². The highest BCUT2D eigenvalue weighted by molar-refractivity contribution is 8.76. The topological polar surface area (TPSA) is 214 Å². The number of para-hydroxylation sites is 1. The fourth-order valence-corrected chi connectivity index (χ4v) is 8.51. The second-order valence-corrected chi connectivity index (χ2v) is 16.2. The van der Waals surface area contributed by atoms with Crippen molar-refractivity contribution >= 4 is 62.2 Å². The van der Waals surface area contributed by atoms with E-state index in [0.717, 1.165) is 28.5 Å². The summed E-state index contributed by atoms with van der Waals surface area (Å²) in [6, 6.07) is 15.6. The van der Waals surface area contributed by atoms with E-state index < -0.39 is 17.5 Å². The van der Waals surface area contributed by atoms with Crippen LogP contribution < -0.4 is 16.2 Å². The molecule has 2 amide bonds. The molecule has 15 nitrogen and oxygen atoms in total. The van der Waals surface area contributed by atoms with E-state index >= 15 is 0 Å². The fraction of sp³-hybridized carbons (Fsp3) is 0.375. The molecule has 2 aliphatic heterocycles. The molecule has 0 saturated heterocycles. The zero-order chi connectivity index (χ0) is 40.4. The number of esters is 1. The zero-order valence-electron chi connectivity index (χ0n) is 31.4. The summed E-state index contributed by atoms with van der Waals surface area (Å²) >= 11 is 0. The molecule has 4 heterocycles. The molecular formula is C40H44N6O9S2. The summed E-state index contributed by atoms with van der Waals surface area (Å²) < 4.78 is 6.78. The van der Waals surface area contributed by atoms with Crippen LogP contribution in [0.2, 0.25) is 0 Å². The Labute approximate surface area is 336 Å². The number of pyridine rings is 2. The molecular weight excluding hydrogens is 773 g/mol. The van der Waals surface area contributed by atoms with E-state index in [2.05, 4.69) is 20.9 Å². The first-order valence-corrected chi connectivity index (χ1v) is 21.2. The number of hydrogen-bond donors (Lipinski definition) is 5. The first-order chi connectivity index (χ1) is 27.6. The fourth-order valence-electron chi connectivity index (χ4n) is 6.69. The second-order valence-electron chi connectivity index (χ2n) is 13.5. The van der Waals surface area contributed by atoms with Gasteiger partial charge in [0.2, 0.25) is 5.91 Å². The van der Waals surface area contributed by atoms with Gasteiger partial charge >= 0.3 is 5.97 Å². The zero-order valence-corrected chi connectivity index (χ0v) is 33.0. The van der Waals surface area contributed by atoms with Crippen LogP contribution >= 0.6 is 21.6 Å². The number of aromatic nitrogens is 2. The Kier molecular flexibility index (Phi) is 13.9.